The summed E-state index contributed by atoms with van der Waals surface area (Å²) in [5.74, 6) is 0.621. The van der Waals surface area contributed by atoms with Crippen LogP contribution in [0.4, 0.5) is 0 Å². The number of piperidine rings is 1. The Morgan fingerprint density at radius 1 is 1.05 bits per heavy atom. The highest BCUT2D eigenvalue weighted by Crippen LogP contribution is 2.22. The van der Waals surface area contributed by atoms with Crippen LogP contribution in [0.25, 0.3) is 10.9 Å². The van der Waals surface area contributed by atoms with Gasteiger partial charge in [-0.25, -0.2) is 4.79 Å². The van der Waals surface area contributed by atoms with E-state index in [1.807, 2.05) is 24.4 Å². The number of likely N-dealkylation sites (tertiary alicyclic amines) is 1. The van der Waals surface area contributed by atoms with Crippen molar-refractivity contribution in [3.8, 4) is 5.75 Å². The van der Waals surface area contributed by atoms with Crippen molar-refractivity contribution in [2.75, 3.05) is 26.7 Å². The molecule has 1 aliphatic rings. The maximum absolute atomic E-state index is 12.8. The summed E-state index contributed by atoms with van der Waals surface area (Å²) in [6.07, 6.45) is 3.59. The molecule has 0 saturated carbocycles. The van der Waals surface area contributed by atoms with E-state index in [9.17, 15) is 14.4 Å². The molecule has 196 valence electrons. The van der Waals surface area contributed by atoms with Crippen molar-refractivity contribution in [2.45, 2.75) is 25.9 Å². The number of hydrogen-bond acceptors (Lipinski definition) is 6. The van der Waals surface area contributed by atoms with Gasteiger partial charge in [0.05, 0.1) is 12.1 Å². The third-order valence-electron chi connectivity index (χ3n) is 6.75. The molecule has 1 aliphatic heterocycles. The number of nitrogens with zero attached hydrogens (tertiary/aromatic N) is 3. The first-order valence-corrected chi connectivity index (χ1v) is 12.8. The van der Waals surface area contributed by atoms with Crippen molar-refractivity contribution in [1.82, 2.24) is 24.8 Å². The highest BCUT2D eigenvalue weighted by Gasteiger charge is 2.26. The number of benzene rings is 2. The van der Waals surface area contributed by atoms with Crippen LogP contribution in [0.15, 0.2) is 76.4 Å². The monoisotopic (exact) mass is 513 g/mol. The van der Waals surface area contributed by atoms with E-state index in [0.717, 1.165) is 54.2 Å². The Balaban J connectivity index is 1.15. The number of pyridine rings is 1. The van der Waals surface area contributed by atoms with E-state index < -0.39 is 11.2 Å². The molecule has 1 fully saturated rings. The van der Waals surface area contributed by atoms with Crippen molar-refractivity contribution in [3.05, 3.63) is 105 Å². The number of carbonyl (C=O) groups is 1. The summed E-state index contributed by atoms with van der Waals surface area (Å²) in [6, 6.07) is 19.6. The van der Waals surface area contributed by atoms with Gasteiger partial charge < -0.3 is 14.6 Å². The number of rotatable bonds is 8. The number of ether oxygens (including phenoxy) is 1. The van der Waals surface area contributed by atoms with Crippen molar-refractivity contribution < 1.29 is 9.53 Å². The number of amides is 1. The molecule has 4 aromatic rings. The maximum atomic E-state index is 12.8. The fourth-order valence-corrected chi connectivity index (χ4v) is 4.99. The summed E-state index contributed by atoms with van der Waals surface area (Å²) in [4.78, 5) is 48.8. The number of fused-ring (bicyclic) bond motifs is 1. The Morgan fingerprint density at radius 2 is 1.89 bits per heavy atom. The number of nitrogens with one attached hydrogen (secondary N) is 2. The van der Waals surface area contributed by atoms with Gasteiger partial charge in [0.2, 0.25) is 0 Å². The summed E-state index contributed by atoms with van der Waals surface area (Å²) in [5, 5.41) is 1.14. The van der Waals surface area contributed by atoms with Crippen LogP contribution in [0.1, 0.15) is 34.5 Å². The SMILES string of the molecule is CN(Cc1cccc(OCC2CCCN(C(=O)c3cc(=O)[nH]c(=O)[nH]3)C2)c1)Cc1ccc2ncccc2c1. The van der Waals surface area contributed by atoms with E-state index in [0.29, 0.717) is 19.7 Å². The molecular weight excluding hydrogens is 482 g/mol. The van der Waals surface area contributed by atoms with Crippen molar-refractivity contribution in [3.63, 3.8) is 0 Å². The Kier molecular flexibility index (Phi) is 7.65. The molecular formula is C29H31N5O4. The summed E-state index contributed by atoms with van der Waals surface area (Å²) in [5.41, 5.74) is 2.14. The molecule has 1 saturated heterocycles. The number of aromatic nitrogens is 3. The minimum absolute atomic E-state index is 0.0116. The first-order valence-electron chi connectivity index (χ1n) is 12.8. The van der Waals surface area contributed by atoms with Gasteiger partial charge in [0.15, 0.2) is 0 Å². The van der Waals surface area contributed by atoms with Crippen LogP contribution in [0, 0.1) is 5.92 Å². The molecule has 0 spiro atoms. The maximum Gasteiger partial charge on any atom is 0.326 e. The summed E-state index contributed by atoms with van der Waals surface area (Å²) >= 11 is 0. The molecule has 5 rings (SSSR count). The van der Waals surface area contributed by atoms with E-state index in [-0.39, 0.29) is 17.5 Å². The van der Waals surface area contributed by atoms with Crippen molar-refractivity contribution in [1.29, 1.82) is 0 Å². The van der Waals surface area contributed by atoms with Crippen LogP contribution in [-0.4, -0.2) is 57.4 Å². The molecule has 38 heavy (non-hydrogen) atoms. The second-order valence-electron chi connectivity index (χ2n) is 9.92. The van der Waals surface area contributed by atoms with Gasteiger partial charge in [-0.1, -0.05) is 24.3 Å². The standard InChI is InChI=1S/C29H31N5O4/c1-33(17-21-9-10-25-23(13-21)7-3-11-30-25)16-20-5-2-8-24(14-20)38-19-22-6-4-12-34(18-22)28(36)26-15-27(35)32-29(37)31-26/h2-3,5,7-11,13-15,22H,4,6,12,16-19H2,1H3,(H2,31,32,35,37). The summed E-state index contributed by atoms with van der Waals surface area (Å²) in [6.45, 7) is 3.18. The predicted octanol–water partition coefficient (Wildman–Crippen LogP) is 3.17. The molecule has 2 aromatic carbocycles. The Bertz CT molecular complexity index is 1520. The van der Waals surface area contributed by atoms with Crippen LogP contribution >= 0.6 is 0 Å². The van der Waals surface area contributed by atoms with E-state index >= 15 is 0 Å². The minimum Gasteiger partial charge on any atom is -0.493 e. The second kappa shape index (κ2) is 11.4. The van der Waals surface area contributed by atoms with Crippen LogP contribution in [0.3, 0.4) is 0 Å². The zero-order valence-corrected chi connectivity index (χ0v) is 21.4. The zero-order valence-electron chi connectivity index (χ0n) is 21.4. The Morgan fingerprint density at radius 3 is 2.74 bits per heavy atom. The molecule has 0 aliphatic carbocycles. The van der Waals surface area contributed by atoms with Crippen LogP contribution in [0.2, 0.25) is 0 Å². The fraction of sp³-hybridized carbons (Fsp3) is 0.310. The van der Waals surface area contributed by atoms with Crippen LogP contribution < -0.4 is 16.0 Å². The normalized spacial score (nSPS) is 15.6. The lowest BCUT2D eigenvalue weighted by molar-refractivity contribution is 0.0627. The van der Waals surface area contributed by atoms with Gasteiger partial charge in [0.1, 0.15) is 11.4 Å². The average Bonchev–Trinajstić information content (AvgIpc) is 2.91. The zero-order chi connectivity index (χ0) is 26.5. The Hall–Kier alpha value is -4.24. The predicted molar refractivity (Wildman–Crippen MR) is 145 cm³/mol. The van der Waals surface area contributed by atoms with Gasteiger partial charge in [-0.15, -0.1) is 0 Å². The largest absolute Gasteiger partial charge is 0.493 e. The summed E-state index contributed by atoms with van der Waals surface area (Å²) < 4.78 is 6.13. The Labute approximate surface area is 220 Å². The van der Waals surface area contributed by atoms with Gasteiger partial charge in [0.25, 0.3) is 11.5 Å². The average molecular weight is 514 g/mol. The highest BCUT2D eigenvalue weighted by atomic mass is 16.5. The molecule has 1 amide bonds. The molecule has 0 radical (unpaired) electrons. The van der Waals surface area contributed by atoms with E-state index in [1.54, 1.807) is 4.90 Å². The van der Waals surface area contributed by atoms with E-state index in [1.165, 1.54) is 5.56 Å². The smallest absolute Gasteiger partial charge is 0.326 e. The molecule has 3 heterocycles. The molecule has 2 N–H and O–H groups in total. The lowest BCUT2D eigenvalue weighted by Gasteiger charge is -2.32. The van der Waals surface area contributed by atoms with Crippen LogP contribution in [0.5, 0.6) is 5.75 Å². The lowest BCUT2D eigenvalue weighted by Crippen LogP contribution is -2.43. The number of aromatic amines is 2. The third kappa shape index (κ3) is 6.36. The number of H-pyrrole nitrogens is 2. The number of hydrogen-bond donors (Lipinski definition) is 2. The topological polar surface area (TPSA) is 111 Å². The molecule has 9 nitrogen and oxygen atoms in total. The molecule has 1 atom stereocenters. The van der Waals surface area contributed by atoms with E-state index in [2.05, 4.69) is 63.3 Å². The van der Waals surface area contributed by atoms with Crippen molar-refractivity contribution >= 4 is 16.8 Å². The van der Waals surface area contributed by atoms with Gasteiger partial charge in [-0.05, 0) is 61.3 Å². The fourth-order valence-electron chi connectivity index (χ4n) is 4.99. The van der Waals surface area contributed by atoms with Crippen molar-refractivity contribution in [2.24, 2.45) is 5.92 Å². The van der Waals surface area contributed by atoms with Gasteiger partial charge in [-0.2, -0.15) is 0 Å². The minimum atomic E-state index is -0.683. The number of carbonyl (C=O) groups excluding carboxylic acids is 1. The molecule has 0 bridgehead atoms. The third-order valence-corrected chi connectivity index (χ3v) is 6.75. The second-order valence-corrected chi connectivity index (χ2v) is 9.92. The van der Waals surface area contributed by atoms with E-state index in [4.69, 9.17) is 4.74 Å². The molecule has 9 heteroatoms. The first-order chi connectivity index (χ1) is 18.4. The van der Waals surface area contributed by atoms with Gasteiger partial charge in [-0.3, -0.25) is 24.5 Å². The van der Waals surface area contributed by atoms with Crippen LogP contribution in [-0.2, 0) is 13.1 Å². The molecule has 1 unspecified atom stereocenters. The lowest BCUT2D eigenvalue weighted by atomic mass is 9.98. The van der Waals surface area contributed by atoms with Gasteiger partial charge >= 0.3 is 5.69 Å². The van der Waals surface area contributed by atoms with Gasteiger partial charge in [0, 0.05) is 49.7 Å². The first kappa shape index (κ1) is 25.4. The molecule has 2 aromatic heterocycles. The highest BCUT2D eigenvalue weighted by molar-refractivity contribution is 5.92. The quantitative estimate of drug-likeness (QED) is 0.374. The summed E-state index contributed by atoms with van der Waals surface area (Å²) in [7, 11) is 2.10.